The summed E-state index contributed by atoms with van der Waals surface area (Å²) < 4.78 is 30.3. The number of urea groups is 1. The Kier molecular flexibility index (Phi) is 4.84. The molecule has 8 heteroatoms. The Morgan fingerprint density at radius 2 is 2.00 bits per heavy atom. The van der Waals surface area contributed by atoms with Gasteiger partial charge >= 0.3 is 12.0 Å². The molecule has 2 aliphatic rings. The maximum Gasteiger partial charge on any atom is 0.338 e. The van der Waals surface area contributed by atoms with Gasteiger partial charge in [-0.3, -0.25) is 4.90 Å². The fourth-order valence-corrected chi connectivity index (χ4v) is 3.49. The van der Waals surface area contributed by atoms with Gasteiger partial charge < -0.3 is 19.5 Å². The molecule has 150 valence electrons. The van der Waals surface area contributed by atoms with Gasteiger partial charge in [0.1, 0.15) is 5.82 Å². The van der Waals surface area contributed by atoms with Crippen molar-refractivity contribution in [3.63, 3.8) is 0 Å². The van der Waals surface area contributed by atoms with E-state index in [1.165, 1.54) is 17.0 Å². The predicted octanol–water partition coefficient (Wildman–Crippen LogP) is 3.66. The first-order chi connectivity index (χ1) is 14.0. The number of esters is 1. The van der Waals surface area contributed by atoms with Crippen molar-refractivity contribution in [2.24, 2.45) is 0 Å². The van der Waals surface area contributed by atoms with Crippen molar-refractivity contribution < 1.29 is 28.2 Å². The van der Waals surface area contributed by atoms with E-state index in [0.29, 0.717) is 22.9 Å². The number of carbonyl (C=O) groups is 2. The van der Waals surface area contributed by atoms with E-state index in [4.69, 9.17) is 14.2 Å². The maximum atomic E-state index is 14.5. The summed E-state index contributed by atoms with van der Waals surface area (Å²) in [5.74, 6) is -0.0763. The minimum Gasteiger partial charge on any atom is -0.463 e. The van der Waals surface area contributed by atoms with Crippen LogP contribution in [-0.2, 0) is 9.53 Å². The summed E-state index contributed by atoms with van der Waals surface area (Å²) in [6.07, 6.45) is 0. The molecule has 2 aromatic rings. The van der Waals surface area contributed by atoms with Gasteiger partial charge in [-0.25, -0.2) is 14.0 Å². The second-order valence-electron chi connectivity index (χ2n) is 6.50. The molecule has 0 saturated heterocycles. The normalized spacial score (nSPS) is 18.0. The van der Waals surface area contributed by atoms with E-state index >= 15 is 0 Å². The Labute approximate surface area is 166 Å². The molecule has 2 heterocycles. The van der Waals surface area contributed by atoms with Gasteiger partial charge in [0.25, 0.3) is 0 Å². The molecule has 0 aromatic heterocycles. The molecule has 29 heavy (non-hydrogen) atoms. The average Bonchev–Trinajstić information content (AvgIpc) is 3.16. The highest BCUT2D eigenvalue weighted by molar-refractivity contribution is 6.03. The van der Waals surface area contributed by atoms with Gasteiger partial charge in [-0.2, -0.15) is 0 Å². The van der Waals surface area contributed by atoms with Gasteiger partial charge in [-0.05, 0) is 32.0 Å². The number of hydrogen-bond donors (Lipinski definition) is 1. The number of hydrogen-bond acceptors (Lipinski definition) is 5. The number of carbonyl (C=O) groups excluding carboxylic acids is 2. The Hall–Kier alpha value is -3.55. The Morgan fingerprint density at radius 3 is 2.76 bits per heavy atom. The van der Waals surface area contributed by atoms with Crippen LogP contribution in [-0.4, -0.2) is 25.4 Å². The Bertz CT molecular complexity index is 1020. The summed E-state index contributed by atoms with van der Waals surface area (Å²) in [5, 5.41) is 2.73. The van der Waals surface area contributed by atoms with E-state index in [9.17, 15) is 14.0 Å². The van der Waals surface area contributed by atoms with Crippen LogP contribution < -0.4 is 19.7 Å². The van der Waals surface area contributed by atoms with E-state index < -0.39 is 23.9 Å². The summed E-state index contributed by atoms with van der Waals surface area (Å²) in [7, 11) is 0. The molecule has 7 nitrogen and oxygen atoms in total. The number of rotatable bonds is 4. The van der Waals surface area contributed by atoms with Crippen LogP contribution in [0.15, 0.2) is 53.7 Å². The number of amides is 2. The minimum atomic E-state index is -0.965. The van der Waals surface area contributed by atoms with Crippen LogP contribution in [0.3, 0.4) is 0 Å². The third-order valence-corrected chi connectivity index (χ3v) is 4.81. The molecule has 0 aliphatic carbocycles. The number of anilines is 1. The van der Waals surface area contributed by atoms with Gasteiger partial charge in [0.2, 0.25) is 6.79 Å². The largest absolute Gasteiger partial charge is 0.463 e. The number of allylic oxidation sites excluding steroid dienone is 1. The van der Waals surface area contributed by atoms with Crippen molar-refractivity contribution in [2.75, 3.05) is 18.3 Å². The molecule has 2 aromatic carbocycles. The highest BCUT2D eigenvalue weighted by Crippen LogP contribution is 2.39. The number of nitrogens with zero attached hydrogens (tertiary/aromatic N) is 1. The van der Waals surface area contributed by atoms with E-state index in [1.807, 2.05) is 0 Å². The van der Waals surface area contributed by atoms with Crippen LogP contribution in [0.4, 0.5) is 14.9 Å². The van der Waals surface area contributed by atoms with Crippen molar-refractivity contribution in [1.29, 1.82) is 0 Å². The molecular formula is C21H19FN2O5. The first kappa shape index (κ1) is 18.8. The van der Waals surface area contributed by atoms with Crippen molar-refractivity contribution in [2.45, 2.75) is 19.9 Å². The van der Waals surface area contributed by atoms with Crippen molar-refractivity contribution in [3.8, 4) is 11.5 Å². The van der Waals surface area contributed by atoms with Gasteiger partial charge in [0.15, 0.2) is 11.5 Å². The van der Waals surface area contributed by atoms with Crippen LogP contribution in [0.25, 0.3) is 0 Å². The fraction of sp³-hybridized carbons (Fsp3) is 0.238. The van der Waals surface area contributed by atoms with Gasteiger partial charge in [-0.1, -0.05) is 18.2 Å². The number of benzene rings is 2. The maximum absolute atomic E-state index is 14.5. The first-order valence-corrected chi connectivity index (χ1v) is 9.13. The monoisotopic (exact) mass is 398 g/mol. The summed E-state index contributed by atoms with van der Waals surface area (Å²) in [6.45, 7) is 3.56. The molecule has 2 aliphatic heterocycles. The molecule has 4 rings (SSSR count). The third-order valence-electron chi connectivity index (χ3n) is 4.81. The van der Waals surface area contributed by atoms with Gasteiger partial charge in [0.05, 0.1) is 23.9 Å². The number of fused-ring (bicyclic) bond motifs is 1. The number of ether oxygens (including phenoxy) is 3. The zero-order valence-corrected chi connectivity index (χ0v) is 15.9. The molecule has 1 N–H and O–H groups in total. The quantitative estimate of drug-likeness (QED) is 0.796. The molecule has 0 saturated carbocycles. The minimum absolute atomic E-state index is 0.100. The van der Waals surface area contributed by atoms with Crippen LogP contribution in [0.1, 0.15) is 25.5 Å². The van der Waals surface area contributed by atoms with E-state index in [0.717, 1.165) is 0 Å². The zero-order valence-electron chi connectivity index (χ0n) is 15.9. The topological polar surface area (TPSA) is 77.1 Å². The second-order valence-corrected chi connectivity index (χ2v) is 6.50. The molecule has 0 unspecified atom stereocenters. The number of halogens is 1. The smallest absolute Gasteiger partial charge is 0.338 e. The highest BCUT2D eigenvalue weighted by atomic mass is 19.1. The molecule has 2 amide bonds. The summed E-state index contributed by atoms with van der Waals surface area (Å²) in [5.41, 5.74) is 1.18. The third kappa shape index (κ3) is 3.26. The highest BCUT2D eigenvalue weighted by Gasteiger charge is 2.38. The van der Waals surface area contributed by atoms with E-state index in [-0.39, 0.29) is 24.5 Å². The Balaban J connectivity index is 1.83. The van der Waals surface area contributed by atoms with Crippen molar-refractivity contribution in [1.82, 2.24) is 5.32 Å². The standard InChI is InChI=1S/C21H19FN2O5/c1-3-27-20(25)18-12(2)24(13-8-9-16-17(10-13)29-11-28-16)21(26)23-19(18)14-6-4-5-7-15(14)22/h4-10,19H,3,11H2,1-2H3,(H,23,26)/t19-/m1/s1. The zero-order chi connectivity index (χ0) is 20.5. The lowest BCUT2D eigenvalue weighted by molar-refractivity contribution is -0.139. The summed E-state index contributed by atoms with van der Waals surface area (Å²) >= 11 is 0. The van der Waals surface area contributed by atoms with Gasteiger partial charge in [0, 0.05) is 17.3 Å². The van der Waals surface area contributed by atoms with Crippen LogP contribution in [0, 0.1) is 5.82 Å². The van der Waals surface area contributed by atoms with Crippen LogP contribution in [0.2, 0.25) is 0 Å². The van der Waals surface area contributed by atoms with E-state index in [1.54, 1.807) is 44.2 Å². The van der Waals surface area contributed by atoms with E-state index in [2.05, 4.69) is 5.32 Å². The predicted molar refractivity (Wildman–Crippen MR) is 102 cm³/mol. The molecule has 1 atom stereocenters. The SMILES string of the molecule is CCOC(=O)C1=C(C)N(c2ccc3c(c2)OCO3)C(=O)N[C@@H]1c1ccccc1F. The first-order valence-electron chi connectivity index (χ1n) is 9.13. The lowest BCUT2D eigenvalue weighted by Crippen LogP contribution is -2.48. The van der Waals surface area contributed by atoms with Crippen LogP contribution in [0.5, 0.6) is 11.5 Å². The molecular weight excluding hydrogens is 379 g/mol. The van der Waals surface area contributed by atoms with Crippen molar-refractivity contribution in [3.05, 3.63) is 65.1 Å². The molecule has 0 radical (unpaired) electrons. The second kappa shape index (κ2) is 7.46. The lowest BCUT2D eigenvalue weighted by atomic mass is 9.94. The fourth-order valence-electron chi connectivity index (χ4n) is 3.49. The van der Waals surface area contributed by atoms with Crippen LogP contribution >= 0.6 is 0 Å². The summed E-state index contributed by atoms with van der Waals surface area (Å²) in [6, 6.07) is 9.56. The Morgan fingerprint density at radius 1 is 1.24 bits per heavy atom. The molecule has 0 fully saturated rings. The molecule has 0 spiro atoms. The summed E-state index contributed by atoms with van der Waals surface area (Å²) in [4.78, 5) is 27.0. The lowest BCUT2D eigenvalue weighted by Gasteiger charge is -2.35. The molecule has 0 bridgehead atoms. The number of nitrogens with one attached hydrogen (secondary N) is 1. The van der Waals surface area contributed by atoms with Gasteiger partial charge in [-0.15, -0.1) is 0 Å². The van der Waals surface area contributed by atoms with Crippen molar-refractivity contribution >= 4 is 17.7 Å². The average molecular weight is 398 g/mol.